The molecular formula is C10H14BrNO. The first-order valence-corrected chi connectivity index (χ1v) is 5.23. The summed E-state index contributed by atoms with van der Waals surface area (Å²) in [6.07, 6.45) is 0. The van der Waals surface area contributed by atoms with Crippen molar-refractivity contribution in [1.82, 2.24) is 4.98 Å². The number of pyridine rings is 1. The van der Waals surface area contributed by atoms with Crippen molar-refractivity contribution in [3.63, 3.8) is 0 Å². The minimum Gasteiger partial charge on any atom is -0.478 e. The molecule has 3 heteroatoms. The van der Waals surface area contributed by atoms with Gasteiger partial charge in [-0.3, -0.25) is 0 Å². The monoisotopic (exact) mass is 243 g/mol. The highest BCUT2D eigenvalue weighted by Crippen LogP contribution is 2.24. The van der Waals surface area contributed by atoms with E-state index in [1.54, 1.807) is 0 Å². The Labute approximate surface area is 87.5 Å². The van der Waals surface area contributed by atoms with Gasteiger partial charge < -0.3 is 4.74 Å². The lowest BCUT2D eigenvalue weighted by molar-refractivity contribution is 0.325. The van der Waals surface area contributed by atoms with E-state index in [-0.39, 0.29) is 0 Å². The minimum absolute atomic E-state index is 0.412. The van der Waals surface area contributed by atoms with Crippen LogP contribution in [0.1, 0.15) is 32.4 Å². The van der Waals surface area contributed by atoms with Gasteiger partial charge in [-0.15, -0.1) is 0 Å². The molecule has 0 bridgehead atoms. The van der Waals surface area contributed by atoms with Gasteiger partial charge in [-0.05, 0) is 34.8 Å². The van der Waals surface area contributed by atoms with Crippen LogP contribution in [0.25, 0.3) is 0 Å². The lowest BCUT2D eigenvalue weighted by Gasteiger charge is -2.09. The van der Waals surface area contributed by atoms with Crippen LogP contribution in [0.15, 0.2) is 16.6 Å². The van der Waals surface area contributed by atoms with Crippen LogP contribution in [-0.2, 0) is 0 Å². The quantitative estimate of drug-likeness (QED) is 0.813. The predicted octanol–water partition coefficient (Wildman–Crippen LogP) is 3.37. The molecule has 0 radical (unpaired) electrons. The first-order chi connectivity index (χ1) is 6.15. The molecule has 0 atom stereocenters. The zero-order valence-corrected chi connectivity index (χ0v) is 9.76. The second-order valence-corrected chi connectivity index (χ2v) is 3.96. The third kappa shape index (κ3) is 2.69. The van der Waals surface area contributed by atoms with Gasteiger partial charge in [0.15, 0.2) is 0 Å². The van der Waals surface area contributed by atoms with Crippen LogP contribution in [0.4, 0.5) is 0 Å². The SMILES string of the molecule is CCOc1ccc(Br)c(C(C)C)n1. The lowest BCUT2D eigenvalue weighted by atomic mass is 10.1. The standard InChI is InChI=1S/C10H14BrNO/c1-4-13-9-6-5-8(11)10(12-9)7(2)3/h5-7H,4H2,1-3H3. The Balaban J connectivity index is 2.97. The molecule has 0 N–H and O–H groups in total. The molecule has 0 aliphatic heterocycles. The van der Waals surface area contributed by atoms with Gasteiger partial charge in [0.25, 0.3) is 0 Å². The molecule has 0 aromatic carbocycles. The molecule has 72 valence electrons. The van der Waals surface area contributed by atoms with Crippen LogP contribution >= 0.6 is 15.9 Å². The summed E-state index contributed by atoms with van der Waals surface area (Å²) in [5.74, 6) is 1.11. The van der Waals surface area contributed by atoms with E-state index in [0.29, 0.717) is 18.4 Å². The zero-order chi connectivity index (χ0) is 9.84. The average molecular weight is 244 g/mol. The average Bonchev–Trinajstić information content (AvgIpc) is 2.08. The highest BCUT2D eigenvalue weighted by Gasteiger charge is 2.07. The van der Waals surface area contributed by atoms with Crippen LogP contribution in [0, 0.1) is 0 Å². The third-order valence-corrected chi connectivity index (χ3v) is 2.36. The maximum atomic E-state index is 5.32. The summed E-state index contributed by atoms with van der Waals surface area (Å²) >= 11 is 3.46. The third-order valence-electron chi connectivity index (χ3n) is 1.69. The molecular weight excluding hydrogens is 230 g/mol. The smallest absolute Gasteiger partial charge is 0.213 e. The Morgan fingerprint density at radius 1 is 1.46 bits per heavy atom. The minimum atomic E-state index is 0.412. The predicted molar refractivity (Wildman–Crippen MR) is 57.2 cm³/mol. The van der Waals surface area contributed by atoms with E-state index >= 15 is 0 Å². The molecule has 0 amide bonds. The van der Waals surface area contributed by atoms with E-state index < -0.39 is 0 Å². The summed E-state index contributed by atoms with van der Waals surface area (Å²) < 4.78 is 6.37. The Hall–Kier alpha value is -0.570. The van der Waals surface area contributed by atoms with Crippen molar-refractivity contribution >= 4 is 15.9 Å². The van der Waals surface area contributed by atoms with Gasteiger partial charge in [-0.1, -0.05) is 13.8 Å². The van der Waals surface area contributed by atoms with Gasteiger partial charge in [-0.25, -0.2) is 4.98 Å². The molecule has 0 aliphatic carbocycles. The Bertz CT molecular complexity index is 286. The summed E-state index contributed by atoms with van der Waals surface area (Å²) in [5, 5.41) is 0. The number of hydrogen-bond donors (Lipinski definition) is 0. The second kappa shape index (κ2) is 4.61. The summed E-state index contributed by atoms with van der Waals surface area (Å²) in [7, 11) is 0. The lowest BCUT2D eigenvalue weighted by Crippen LogP contribution is -1.99. The van der Waals surface area contributed by atoms with E-state index in [4.69, 9.17) is 4.74 Å². The first kappa shape index (κ1) is 10.5. The van der Waals surface area contributed by atoms with Gasteiger partial charge in [0.1, 0.15) is 0 Å². The van der Waals surface area contributed by atoms with E-state index in [9.17, 15) is 0 Å². The van der Waals surface area contributed by atoms with Gasteiger partial charge in [0.2, 0.25) is 5.88 Å². The topological polar surface area (TPSA) is 22.1 Å². The fourth-order valence-electron chi connectivity index (χ4n) is 1.07. The van der Waals surface area contributed by atoms with E-state index in [1.165, 1.54) is 0 Å². The normalized spacial score (nSPS) is 10.5. The summed E-state index contributed by atoms with van der Waals surface area (Å²) in [6.45, 7) is 6.84. The number of halogens is 1. The van der Waals surface area contributed by atoms with Crippen LogP contribution in [0.5, 0.6) is 5.88 Å². The van der Waals surface area contributed by atoms with Crippen molar-refractivity contribution in [3.05, 3.63) is 22.3 Å². The van der Waals surface area contributed by atoms with Crippen molar-refractivity contribution < 1.29 is 4.74 Å². The molecule has 0 fully saturated rings. The highest BCUT2D eigenvalue weighted by molar-refractivity contribution is 9.10. The van der Waals surface area contributed by atoms with Crippen LogP contribution in [0.2, 0.25) is 0 Å². The molecule has 2 nitrogen and oxygen atoms in total. The first-order valence-electron chi connectivity index (χ1n) is 4.44. The van der Waals surface area contributed by atoms with Crippen LogP contribution in [-0.4, -0.2) is 11.6 Å². The van der Waals surface area contributed by atoms with Crippen LogP contribution < -0.4 is 4.74 Å². The maximum Gasteiger partial charge on any atom is 0.213 e. The number of nitrogens with zero attached hydrogens (tertiary/aromatic N) is 1. The van der Waals surface area contributed by atoms with Gasteiger partial charge in [0.05, 0.1) is 12.3 Å². The van der Waals surface area contributed by atoms with Crippen LogP contribution in [0.3, 0.4) is 0 Å². The van der Waals surface area contributed by atoms with Crippen molar-refractivity contribution in [1.29, 1.82) is 0 Å². The van der Waals surface area contributed by atoms with Crippen molar-refractivity contribution in [2.75, 3.05) is 6.61 Å². The van der Waals surface area contributed by atoms with E-state index in [1.807, 2.05) is 19.1 Å². The van der Waals surface area contributed by atoms with Crippen molar-refractivity contribution in [2.45, 2.75) is 26.7 Å². The molecule has 0 spiro atoms. The fourth-order valence-corrected chi connectivity index (χ4v) is 1.75. The number of rotatable bonds is 3. The van der Waals surface area contributed by atoms with Gasteiger partial charge in [-0.2, -0.15) is 0 Å². The fraction of sp³-hybridized carbons (Fsp3) is 0.500. The number of aromatic nitrogens is 1. The number of hydrogen-bond acceptors (Lipinski definition) is 2. The van der Waals surface area contributed by atoms with Gasteiger partial charge >= 0.3 is 0 Å². The van der Waals surface area contributed by atoms with Crippen molar-refractivity contribution in [3.8, 4) is 5.88 Å². The second-order valence-electron chi connectivity index (χ2n) is 3.10. The molecule has 1 aromatic rings. The zero-order valence-electron chi connectivity index (χ0n) is 8.17. The maximum absolute atomic E-state index is 5.32. The van der Waals surface area contributed by atoms with E-state index in [2.05, 4.69) is 34.8 Å². The molecule has 1 aromatic heterocycles. The van der Waals surface area contributed by atoms with E-state index in [0.717, 1.165) is 10.2 Å². The molecule has 0 saturated heterocycles. The largest absolute Gasteiger partial charge is 0.478 e. The summed E-state index contributed by atoms with van der Waals surface area (Å²) in [6, 6.07) is 3.85. The Morgan fingerprint density at radius 2 is 2.15 bits per heavy atom. The Morgan fingerprint density at radius 3 is 2.69 bits per heavy atom. The number of ether oxygens (including phenoxy) is 1. The molecule has 0 saturated carbocycles. The summed E-state index contributed by atoms with van der Waals surface area (Å²) in [5.41, 5.74) is 1.05. The highest BCUT2D eigenvalue weighted by atomic mass is 79.9. The Kier molecular flexibility index (Phi) is 3.72. The molecule has 0 aliphatic rings. The molecule has 1 rings (SSSR count). The van der Waals surface area contributed by atoms with Gasteiger partial charge in [0, 0.05) is 10.5 Å². The van der Waals surface area contributed by atoms with Crippen molar-refractivity contribution in [2.24, 2.45) is 0 Å². The molecule has 0 unspecified atom stereocenters. The molecule has 13 heavy (non-hydrogen) atoms. The summed E-state index contributed by atoms with van der Waals surface area (Å²) in [4.78, 5) is 4.39. The molecule has 1 heterocycles.